The normalized spacial score (nSPS) is 21.0. The number of nitrogens with two attached hydrogens (primary N) is 1. The second-order valence-corrected chi connectivity index (χ2v) is 6.39. The van der Waals surface area contributed by atoms with Crippen molar-refractivity contribution in [3.05, 3.63) is 57.1 Å². The molecule has 2 N–H and O–H groups in total. The minimum atomic E-state index is -0.583. The predicted molar refractivity (Wildman–Crippen MR) is 87.1 cm³/mol. The molecule has 120 valence electrons. The van der Waals surface area contributed by atoms with Gasteiger partial charge in [-0.3, -0.25) is 4.79 Å². The highest BCUT2D eigenvalue weighted by molar-refractivity contribution is 9.10. The van der Waals surface area contributed by atoms with Gasteiger partial charge in [0.15, 0.2) is 5.78 Å². The number of halogens is 1. The van der Waals surface area contributed by atoms with Crippen LogP contribution in [-0.4, -0.2) is 18.9 Å². The Morgan fingerprint density at radius 2 is 2.00 bits per heavy atom. The molecule has 1 atom stereocenters. The summed E-state index contributed by atoms with van der Waals surface area (Å²) in [5.41, 5.74) is 7.48. The van der Waals surface area contributed by atoms with Gasteiger partial charge in [-0.1, -0.05) is 28.1 Å². The summed E-state index contributed by atoms with van der Waals surface area (Å²) in [6, 6.07) is 7.46. The van der Waals surface area contributed by atoms with Gasteiger partial charge in [-0.15, -0.1) is 0 Å². The molecule has 2 aliphatic rings. The smallest absolute Gasteiger partial charge is 0.340 e. The second-order valence-electron chi connectivity index (χ2n) is 5.47. The predicted octanol–water partition coefficient (Wildman–Crippen LogP) is 2.91. The summed E-state index contributed by atoms with van der Waals surface area (Å²) in [6.07, 6.45) is 1.82. The van der Waals surface area contributed by atoms with Crippen molar-refractivity contribution in [2.24, 2.45) is 5.73 Å². The Kier molecular flexibility index (Phi) is 4.26. The second kappa shape index (κ2) is 6.20. The lowest BCUT2D eigenvalue weighted by Gasteiger charge is -2.32. The molecule has 1 aromatic rings. The molecule has 0 bridgehead atoms. The lowest BCUT2D eigenvalue weighted by atomic mass is 9.77. The third kappa shape index (κ3) is 2.79. The number of methoxy groups -OCH3 is 1. The van der Waals surface area contributed by atoms with Gasteiger partial charge in [-0.05, 0) is 24.1 Å². The molecule has 0 unspecified atom stereocenters. The highest BCUT2D eigenvalue weighted by Crippen LogP contribution is 2.44. The van der Waals surface area contributed by atoms with Crippen LogP contribution < -0.4 is 5.73 Å². The van der Waals surface area contributed by atoms with Crippen molar-refractivity contribution in [1.29, 1.82) is 0 Å². The van der Waals surface area contributed by atoms with Gasteiger partial charge in [0, 0.05) is 22.9 Å². The lowest BCUT2D eigenvalue weighted by molar-refractivity contribution is -0.136. The van der Waals surface area contributed by atoms with E-state index >= 15 is 0 Å². The molecule has 1 aromatic carbocycles. The zero-order valence-electron chi connectivity index (χ0n) is 12.6. The standard InChI is InChI=1S/C17H16BrNO4/c1-22-17(21)15-13(9-5-7-10(18)8-6-9)14-11(20)3-2-4-12(14)23-16(15)19/h5-8,13H,2-4,19H2,1H3/t13-/m1/s1. The van der Waals surface area contributed by atoms with E-state index in [1.54, 1.807) is 0 Å². The van der Waals surface area contributed by atoms with E-state index < -0.39 is 11.9 Å². The van der Waals surface area contributed by atoms with Crippen LogP contribution in [0.2, 0.25) is 0 Å². The molecule has 0 radical (unpaired) electrons. The third-order valence-electron chi connectivity index (χ3n) is 4.09. The SMILES string of the molecule is COC(=O)C1=C(N)OC2=C(C(=O)CCC2)[C@H]1c1ccc(Br)cc1. The first-order valence-electron chi connectivity index (χ1n) is 7.30. The highest BCUT2D eigenvalue weighted by atomic mass is 79.9. The van der Waals surface area contributed by atoms with Gasteiger partial charge in [0.2, 0.25) is 5.88 Å². The van der Waals surface area contributed by atoms with Gasteiger partial charge in [-0.2, -0.15) is 0 Å². The van der Waals surface area contributed by atoms with Crippen LogP contribution in [-0.2, 0) is 19.1 Å². The van der Waals surface area contributed by atoms with Gasteiger partial charge < -0.3 is 15.2 Å². The summed E-state index contributed by atoms with van der Waals surface area (Å²) in [5, 5.41) is 0. The van der Waals surface area contributed by atoms with Crippen molar-refractivity contribution in [2.75, 3.05) is 7.11 Å². The molecule has 1 heterocycles. The number of hydrogen-bond donors (Lipinski definition) is 1. The molecule has 3 rings (SSSR count). The van der Waals surface area contributed by atoms with Crippen molar-refractivity contribution in [2.45, 2.75) is 25.2 Å². The maximum Gasteiger partial charge on any atom is 0.340 e. The van der Waals surface area contributed by atoms with E-state index in [4.69, 9.17) is 15.2 Å². The van der Waals surface area contributed by atoms with Crippen LogP contribution in [0.15, 0.2) is 51.5 Å². The molecule has 0 saturated carbocycles. The number of rotatable bonds is 2. The number of esters is 1. The van der Waals surface area contributed by atoms with E-state index in [2.05, 4.69) is 15.9 Å². The van der Waals surface area contributed by atoms with E-state index in [0.717, 1.165) is 16.5 Å². The van der Waals surface area contributed by atoms with E-state index in [-0.39, 0.29) is 17.2 Å². The molecule has 0 aromatic heterocycles. The summed E-state index contributed by atoms with van der Waals surface area (Å²) in [7, 11) is 1.29. The van der Waals surface area contributed by atoms with Gasteiger partial charge in [0.05, 0.1) is 13.0 Å². The Bertz CT molecular complexity index is 733. The average molecular weight is 378 g/mol. The topological polar surface area (TPSA) is 78.6 Å². The number of allylic oxidation sites excluding steroid dienone is 2. The van der Waals surface area contributed by atoms with Crippen molar-refractivity contribution < 1.29 is 19.1 Å². The largest absolute Gasteiger partial charge is 0.465 e. The molecule has 5 nitrogen and oxygen atoms in total. The minimum Gasteiger partial charge on any atom is -0.465 e. The van der Waals surface area contributed by atoms with Crippen LogP contribution in [0.1, 0.15) is 30.7 Å². The van der Waals surface area contributed by atoms with Crippen LogP contribution in [0, 0.1) is 0 Å². The fourth-order valence-electron chi connectivity index (χ4n) is 3.05. The fourth-order valence-corrected chi connectivity index (χ4v) is 3.32. The van der Waals surface area contributed by atoms with E-state index in [1.807, 2.05) is 24.3 Å². The Morgan fingerprint density at radius 1 is 1.30 bits per heavy atom. The number of carbonyl (C=O) groups is 2. The first kappa shape index (κ1) is 15.8. The summed E-state index contributed by atoms with van der Waals surface area (Å²) in [5.74, 6) is -0.557. The number of ether oxygens (including phenoxy) is 2. The Labute approximate surface area is 142 Å². The molecule has 0 saturated heterocycles. The van der Waals surface area contributed by atoms with Gasteiger partial charge >= 0.3 is 5.97 Å². The van der Waals surface area contributed by atoms with E-state index in [0.29, 0.717) is 24.2 Å². The van der Waals surface area contributed by atoms with Gasteiger partial charge in [0.1, 0.15) is 11.3 Å². The fraction of sp³-hybridized carbons (Fsp3) is 0.294. The molecule has 1 aliphatic carbocycles. The summed E-state index contributed by atoms with van der Waals surface area (Å²) < 4.78 is 11.3. The number of Topliss-reactive ketones (excluding diaryl/α,β-unsaturated/α-hetero) is 1. The summed E-state index contributed by atoms with van der Waals surface area (Å²) in [6.45, 7) is 0. The maximum atomic E-state index is 12.5. The first-order chi connectivity index (χ1) is 11.0. The first-order valence-corrected chi connectivity index (χ1v) is 8.09. The van der Waals surface area contributed by atoms with Crippen LogP contribution in [0.5, 0.6) is 0 Å². The van der Waals surface area contributed by atoms with Crippen LogP contribution >= 0.6 is 15.9 Å². The van der Waals surface area contributed by atoms with E-state index in [1.165, 1.54) is 7.11 Å². The number of ketones is 1. The van der Waals surface area contributed by atoms with Gasteiger partial charge in [-0.25, -0.2) is 4.79 Å². The Hall–Kier alpha value is -2.08. The Morgan fingerprint density at radius 3 is 2.65 bits per heavy atom. The molecular weight excluding hydrogens is 362 g/mol. The van der Waals surface area contributed by atoms with Crippen LogP contribution in [0.25, 0.3) is 0 Å². The van der Waals surface area contributed by atoms with Crippen molar-refractivity contribution >= 4 is 27.7 Å². The molecular formula is C17H16BrNO4. The molecule has 23 heavy (non-hydrogen) atoms. The molecule has 1 aliphatic heterocycles. The summed E-state index contributed by atoms with van der Waals surface area (Å²) >= 11 is 3.39. The minimum absolute atomic E-state index is 0.00641. The third-order valence-corrected chi connectivity index (χ3v) is 4.62. The zero-order chi connectivity index (χ0) is 16.6. The van der Waals surface area contributed by atoms with E-state index in [9.17, 15) is 9.59 Å². The van der Waals surface area contributed by atoms with Gasteiger partial charge in [0.25, 0.3) is 0 Å². The molecule has 0 spiro atoms. The quantitative estimate of drug-likeness (QED) is 0.801. The lowest BCUT2D eigenvalue weighted by Crippen LogP contribution is -2.31. The molecule has 0 amide bonds. The van der Waals surface area contributed by atoms with Crippen LogP contribution in [0.3, 0.4) is 0 Å². The highest BCUT2D eigenvalue weighted by Gasteiger charge is 2.40. The zero-order valence-corrected chi connectivity index (χ0v) is 14.2. The van der Waals surface area contributed by atoms with Crippen molar-refractivity contribution in [3.8, 4) is 0 Å². The van der Waals surface area contributed by atoms with Crippen molar-refractivity contribution in [3.63, 3.8) is 0 Å². The number of hydrogen-bond acceptors (Lipinski definition) is 5. The monoisotopic (exact) mass is 377 g/mol. The van der Waals surface area contributed by atoms with Crippen LogP contribution in [0.4, 0.5) is 0 Å². The molecule has 6 heteroatoms. The molecule has 0 fully saturated rings. The number of carbonyl (C=O) groups excluding carboxylic acids is 2. The number of benzene rings is 1. The maximum absolute atomic E-state index is 12.5. The average Bonchev–Trinajstić information content (AvgIpc) is 2.54. The van der Waals surface area contributed by atoms with Crippen molar-refractivity contribution in [1.82, 2.24) is 0 Å². The summed E-state index contributed by atoms with van der Waals surface area (Å²) in [4.78, 5) is 24.7. The Balaban J connectivity index is 2.18.